The van der Waals surface area contributed by atoms with E-state index in [0.717, 1.165) is 6.42 Å². The zero-order valence-corrected chi connectivity index (χ0v) is 12.4. The Labute approximate surface area is 123 Å². The summed E-state index contributed by atoms with van der Waals surface area (Å²) < 4.78 is 21.7. The van der Waals surface area contributed by atoms with Crippen molar-refractivity contribution in [2.75, 3.05) is 27.9 Å². The van der Waals surface area contributed by atoms with Gasteiger partial charge in [0, 0.05) is 12.2 Å². The molecule has 1 fully saturated rings. The van der Waals surface area contributed by atoms with Crippen molar-refractivity contribution in [1.82, 2.24) is 0 Å². The van der Waals surface area contributed by atoms with Gasteiger partial charge < -0.3 is 24.1 Å². The molecule has 116 valence electrons. The molecular weight excluding hydrogens is 276 g/mol. The second-order valence-electron chi connectivity index (χ2n) is 4.80. The topological polar surface area (TPSA) is 74.2 Å². The van der Waals surface area contributed by atoms with Crippen LogP contribution in [0.2, 0.25) is 0 Å². The van der Waals surface area contributed by atoms with Crippen LogP contribution in [0.15, 0.2) is 12.1 Å². The van der Waals surface area contributed by atoms with Crippen molar-refractivity contribution >= 4 is 5.97 Å². The number of carbonyl (C=O) groups is 1. The Hall–Kier alpha value is -1.95. The van der Waals surface area contributed by atoms with Crippen molar-refractivity contribution in [2.45, 2.75) is 18.9 Å². The number of methoxy groups -OCH3 is 3. The lowest BCUT2D eigenvalue weighted by Gasteiger charge is -2.30. The lowest BCUT2D eigenvalue weighted by Crippen LogP contribution is -2.29. The molecule has 0 radical (unpaired) electrons. The first-order valence-corrected chi connectivity index (χ1v) is 6.77. The fourth-order valence-electron chi connectivity index (χ4n) is 2.69. The van der Waals surface area contributed by atoms with E-state index in [0.29, 0.717) is 35.8 Å². The molecule has 2 unspecified atom stereocenters. The number of carboxylic acid groups (broad SMARTS) is 1. The number of benzene rings is 1. The normalized spacial score (nSPS) is 21.7. The zero-order valence-electron chi connectivity index (χ0n) is 12.4. The van der Waals surface area contributed by atoms with Crippen LogP contribution in [-0.2, 0) is 9.53 Å². The van der Waals surface area contributed by atoms with Gasteiger partial charge in [0.1, 0.15) is 0 Å². The summed E-state index contributed by atoms with van der Waals surface area (Å²) >= 11 is 0. The minimum absolute atomic E-state index is 0.441. The first-order chi connectivity index (χ1) is 10.1. The standard InChI is InChI=1S/C15H20O6/c1-18-11-7-6-9(13(19-2)14(11)20-3)12-10(15(16)17)5-4-8-21-12/h6-7,10,12H,4-5,8H2,1-3H3,(H,16,17). The Balaban J connectivity index is 2.49. The van der Waals surface area contributed by atoms with Crippen LogP contribution in [0, 0.1) is 5.92 Å². The highest BCUT2D eigenvalue weighted by Crippen LogP contribution is 2.46. The lowest BCUT2D eigenvalue weighted by atomic mass is 9.89. The Kier molecular flexibility index (Phi) is 4.90. The maximum atomic E-state index is 11.4. The summed E-state index contributed by atoms with van der Waals surface area (Å²) in [5, 5.41) is 9.38. The average molecular weight is 296 g/mol. The minimum Gasteiger partial charge on any atom is -0.493 e. The number of carboxylic acids is 1. The van der Waals surface area contributed by atoms with Crippen LogP contribution in [0.25, 0.3) is 0 Å². The zero-order chi connectivity index (χ0) is 15.4. The van der Waals surface area contributed by atoms with E-state index < -0.39 is 18.0 Å². The third kappa shape index (κ3) is 2.90. The predicted octanol–water partition coefficient (Wildman–Crippen LogP) is 2.26. The van der Waals surface area contributed by atoms with E-state index in [1.54, 1.807) is 12.1 Å². The molecule has 21 heavy (non-hydrogen) atoms. The first kappa shape index (κ1) is 15.4. The summed E-state index contributed by atoms with van der Waals surface area (Å²) in [4.78, 5) is 11.4. The Morgan fingerprint density at radius 3 is 2.48 bits per heavy atom. The number of hydrogen-bond acceptors (Lipinski definition) is 5. The molecule has 1 heterocycles. The van der Waals surface area contributed by atoms with E-state index in [9.17, 15) is 9.90 Å². The smallest absolute Gasteiger partial charge is 0.309 e. The number of hydrogen-bond donors (Lipinski definition) is 1. The molecule has 6 heteroatoms. The molecule has 1 N–H and O–H groups in total. The van der Waals surface area contributed by atoms with E-state index >= 15 is 0 Å². The van der Waals surface area contributed by atoms with Gasteiger partial charge in [-0.15, -0.1) is 0 Å². The molecule has 0 amide bonds. The highest BCUT2D eigenvalue weighted by molar-refractivity contribution is 5.72. The number of rotatable bonds is 5. The minimum atomic E-state index is -0.864. The molecule has 1 aromatic carbocycles. The molecule has 1 aliphatic rings. The highest BCUT2D eigenvalue weighted by atomic mass is 16.5. The van der Waals surface area contributed by atoms with Crippen LogP contribution in [-0.4, -0.2) is 39.0 Å². The number of ether oxygens (including phenoxy) is 4. The fraction of sp³-hybridized carbons (Fsp3) is 0.533. The molecule has 0 aliphatic carbocycles. The van der Waals surface area contributed by atoms with Crippen molar-refractivity contribution in [1.29, 1.82) is 0 Å². The second kappa shape index (κ2) is 6.67. The molecule has 0 spiro atoms. The largest absolute Gasteiger partial charge is 0.493 e. The van der Waals surface area contributed by atoms with Gasteiger partial charge >= 0.3 is 5.97 Å². The van der Waals surface area contributed by atoms with Gasteiger partial charge in [0.2, 0.25) is 5.75 Å². The molecule has 0 saturated carbocycles. The van der Waals surface area contributed by atoms with Crippen LogP contribution in [0.1, 0.15) is 24.5 Å². The Morgan fingerprint density at radius 1 is 1.19 bits per heavy atom. The van der Waals surface area contributed by atoms with E-state index in [-0.39, 0.29) is 0 Å². The van der Waals surface area contributed by atoms with Gasteiger partial charge in [-0.2, -0.15) is 0 Å². The van der Waals surface area contributed by atoms with Crippen molar-refractivity contribution in [3.05, 3.63) is 17.7 Å². The van der Waals surface area contributed by atoms with Crippen molar-refractivity contribution in [3.63, 3.8) is 0 Å². The van der Waals surface area contributed by atoms with Crippen LogP contribution >= 0.6 is 0 Å². The molecule has 0 aromatic heterocycles. The predicted molar refractivity (Wildman–Crippen MR) is 75.2 cm³/mol. The van der Waals surface area contributed by atoms with E-state index in [1.165, 1.54) is 21.3 Å². The van der Waals surface area contributed by atoms with Gasteiger partial charge in [0.05, 0.1) is 33.4 Å². The van der Waals surface area contributed by atoms with Gasteiger partial charge in [-0.3, -0.25) is 4.79 Å². The molecule has 0 bridgehead atoms. The maximum absolute atomic E-state index is 11.4. The molecule has 1 aromatic rings. The van der Waals surface area contributed by atoms with E-state index in [1.807, 2.05) is 0 Å². The van der Waals surface area contributed by atoms with Crippen molar-refractivity contribution < 1.29 is 28.8 Å². The molecule has 1 saturated heterocycles. The van der Waals surface area contributed by atoms with Gasteiger partial charge in [-0.05, 0) is 25.0 Å². The van der Waals surface area contributed by atoms with E-state index in [4.69, 9.17) is 18.9 Å². The Morgan fingerprint density at radius 2 is 1.90 bits per heavy atom. The third-order valence-corrected chi connectivity index (χ3v) is 3.68. The maximum Gasteiger partial charge on any atom is 0.309 e. The van der Waals surface area contributed by atoms with Gasteiger partial charge in [-0.25, -0.2) is 0 Å². The molecule has 2 rings (SSSR count). The fourth-order valence-corrected chi connectivity index (χ4v) is 2.69. The third-order valence-electron chi connectivity index (χ3n) is 3.68. The molecule has 1 aliphatic heterocycles. The summed E-state index contributed by atoms with van der Waals surface area (Å²) in [7, 11) is 4.56. The first-order valence-electron chi connectivity index (χ1n) is 6.77. The van der Waals surface area contributed by atoms with E-state index in [2.05, 4.69) is 0 Å². The van der Waals surface area contributed by atoms with Gasteiger partial charge in [0.25, 0.3) is 0 Å². The van der Waals surface area contributed by atoms with Crippen LogP contribution in [0.5, 0.6) is 17.2 Å². The average Bonchev–Trinajstić information content (AvgIpc) is 2.53. The summed E-state index contributed by atoms with van der Waals surface area (Å²) in [5.41, 5.74) is 0.669. The highest BCUT2D eigenvalue weighted by Gasteiger charge is 2.36. The second-order valence-corrected chi connectivity index (χ2v) is 4.80. The van der Waals surface area contributed by atoms with Crippen LogP contribution in [0.4, 0.5) is 0 Å². The van der Waals surface area contributed by atoms with Crippen LogP contribution < -0.4 is 14.2 Å². The van der Waals surface area contributed by atoms with Crippen LogP contribution in [0.3, 0.4) is 0 Å². The Bertz CT molecular complexity index is 513. The quantitative estimate of drug-likeness (QED) is 0.898. The SMILES string of the molecule is COc1ccc(C2OCCCC2C(=O)O)c(OC)c1OC. The summed E-state index contributed by atoms with van der Waals surface area (Å²) in [6, 6.07) is 3.50. The molecule has 6 nitrogen and oxygen atoms in total. The summed E-state index contributed by atoms with van der Waals surface area (Å²) in [6.07, 6.45) is 0.770. The monoisotopic (exact) mass is 296 g/mol. The van der Waals surface area contributed by atoms with Crippen molar-refractivity contribution in [3.8, 4) is 17.2 Å². The van der Waals surface area contributed by atoms with Crippen molar-refractivity contribution in [2.24, 2.45) is 5.92 Å². The van der Waals surface area contributed by atoms with Gasteiger partial charge in [-0.1, -0.05) is 0 Å². The molecular formula is C15H20O6. The summed E-state index contributed by atoms with van der Waals surface area (Å²) in [5.74, 6) is -0.0334. The van der Waals surface area contributed by atoms with Gasteiger partial charge in [0.15, 0.2) is 11.5 Å². The molecule has 2 atom stereocenters. The number of aliphatic carboxylic acids is 1. The lowest BCUT2D eigenvalue weighted by molar-refractivity contribution is -0.152. The summed E-state index contributed by atoms with van der Waals surface area (Å²) in [6.45, 7) is 0.534.